The highest BCUT2D eigenvalue weighted by Crippen LogP contribution is 2.19. The van der Waals surface area contributed by atoms with Gasteiger partial charge in [-0.25, -0.2) is 9.78 Å². The number of carbonyl (C=O) groups excluding carboxylic acids is 1. The van der Waals surface area contributed by atoms with E-state index in [9.17, 15) is 9.59 Å². The fourth-order valence-electron chi connectivity index (χ4n) is 3.09. The molecule has 24 heavy (non-hydrogen) atoms. The van der Waals surface area contributed by atoms with E-state index in [2.05, 4.69) is 9.88 Å². The number of aromatic nitrogens is 2. The van der Waals surface area contributed by atoms with Crippen molar-refractivity contribution in [1.82, 2.24) is 14.5 Å². The van der Waals surface area contributed by atoms with Gasteiger partial charge in [0.15, 0.2) is 5.82 Å². The Kier molecular flexibility index (Phi) is 4.35. The van der Waals surface area contributed by atoms with Gasteiger partial charge < -0.3 is 15.4 Å². The fourth-order valence-corrected chi connectivity index (χ4v) is 3.09. The van der Waals surface area contributed by atoms with E-state index in [4.69, 9.17) is 10.8 Å². The van der Waals surface area contributed by atoms with E-state index in [-0.39, 0.29) is 0 Å². The van der Waals surface area contributed by atoms with E-state index < -0.39 is 11.9 Å². The summed E-state index contributed by atoms with van der Waals surface area (Å²) in [6.45, 7) is 2.45. The number of carboxylic acids is 1. The van der Waals surface area contributed by atoms with E-state index in [0.29, 0.717) is 17.9 Å². The number of nitrogens with two attached hydrogens (primary N) is 1. The van der Waals surface area contributed by atoms with Crippen molar-refractivity contribution in [2.24, 2.45) is 12.8 Å². The topological polar surface area (TPSA) is 101 Å². The zero-order valence-corrected chi connectivity index (χ0v) is 13.5. The Morgan fingerprint density at radius 2 is 2.00 bits per heavy atom. The molecule has 1 aromatic carbocycles. The number of primary amides is 1. The number of aromatic carboxylic acids is 1. The van der Waals surface area contributed by atoms with Crippen LogP contribution in [-0.2, 0) is 26.4 Å². The number of hydrogen-bond donors (Lipinski definition) is 2. The van der Waals surface area contributed by atoms with Crippen LogP contribution in [0.3, 0.4) is 0 Å². The molecule has 0 spiro atoms. The van der Waals surface area contributed by atoms with Crippen LogP contribution in [0.2, 0.25) is 0 Å². The molecule has 2 heterocycles. The molecule has 2 aromatic rings. The molecule has 7 heteroatoms. The first-order chi connectivity index (χ1) is 11.5. The van der Waals surface area contributed by atoms with Crippen LogP contribution in [0.15, 0.2) is 24.3 Å². The van der Waals surface area contributed by atoms with E-state index in [1.54, 1.807) is 16.7 Å². The highest BCUT2D eigenvalue weighted by molar-refractivity contribution is 5.89. The van der Waals surface area contributed by atoms with Crippen molar-refractivity contribution in [1.29, 1.82) is 0 Å². The summed E-state index contributed by atoms with van der Waals surface area (Å²) in [7, 11) is 1.82. The van der Waals surface area contributed by atoms with Gasteiger partial charge in [0.05, 0.1) is 11.3 Å². The first-order valence-electron chi connectivity index (χ1n) is 7.84. The van der Waals surface area contributed by atoms with Gasteiger partial charge in [0.2, 0.25) is 0 Å². The van der Waals surface area contributed by atoms with Crippen molar-refractivity contribution < 1.29 is 14.7 Å². The summed E-state index contributed by atoms with van der Waals surface area (Å²) in [5.74, 6) is -1.10. The van der Waals surface area contributed by atoms with Crippen molar-refractivity contribution in [3.63, 3.8) is 0 Å². The van der Waals surface area contributed by atoms with E-state index in [0.717, 1.165) is 42.9 Å². The number of hydrogen-bond acceptors (Lipinski definition) is 4. The van der Waals surface area contributed by atoms with Crippen molar-refractivity contribution in [2.75, 3.05) is 13.1 Å². The quantitative estimate of drug-likeness (QED) is 0.846. The number of nitrogens with zero attached hydrogens (tertiary/aromatic N) is 3. The van der Waals surface area contributed by atoms with Gasteiger partial charge >= 0.3 is 5.97 Å². The third-order valence-corrected chi connectivity index (χ3v) is 4.47. The summed E-state index contributed by atoms with van der Waals surface area (Å²) in [6, 6.07) is 6.96. The Labute approximate surface area is 139 Å². The van der Waals surface area contributed by atoms with Gasteiger partial charge in [-0.15, -0.1) is 0 Å². The van der Waals surface area contributed by atoms with Gasteiger partial charge in [-0.3, -0.25) is 9.69 Å². The molecule has 0 unspecified atom stereocenters. The van der Waals surface area contributed by atoms with Gasteiger partial charge in [-0.1, -0.05) is 12.1 Å². The fraction of sp³-hybridized carbons (Fsp3) is 0.353. The lowest BCUT2D eigenvalue weighted by Crippen LogP contribution is -2.32. The minimum absolute atomic E-state index is 0.300. The average molecular weight is 328 g/mol. The smallest absolute Gasteiger partial charge is 0.335 e. The van der Waals surface area contributed by atoms with E-state index >= 15 is 0 Å². The van der Waals surface area contributed by atoms with Crippen LogP contribution < -0.4 is 5.73 Å². The molecule has 0 atom stereocenters. The number of carboxylic acid groups (broad SMARTS) is 1. The Bertz CT molecular complexity index is 780. The summed E-state index contributed by atoms with van der Waals surface area (Å²) < 4.78 is 1.79. The van der Waals surface area contributed by atoms with Crippen molar-refractivity contribution >= 4 is 11.9 Å². The summed E-state index contributed by atoms with van der Waals surface area (Å²) >= 11 is 0. The van der Waals surface area contributed by atoms with Crippen molar-refractivity contribution in [3.05, 3.63) is 52.6 Å². The Hall–Kier alpha value is -2.67. The highest BCUT2D eigenvalue weighted by atomic mass is 16.4. The zero-order chi connectivity index (χ0) is 17.3. The Morgan fingerprint density at radius 3 is 2.62 bits per heavy atom. The van der Waals surface area contributed by atoms with Crippen LogP contribution in [0.25, 0.3) is 0 Å². The third kappa shape index (κ3) is 3.16. The molecule has 0 radical (unpaired) electrons. The predicted octanol–water partition coefficient (Wildman–Crippen LogP) is 0.818. The molecule has 0 bridgehead atoms. The number of fused-ring (bicyclic) bond motifs is 1. The standard InChI is InChI=1S/C17H20N4O3/c1-20-14-7-9-21(10-13(14)19-16(20)15(18)22)8-6-11-2-4-12(5-3-11)17(23)24/h2-5H,6-10H2,1H3,(H2,18,22)(H,23,24). The van der Waals surface area contributed by atoms with Crippen molar-refractivity contribution in [2.45, 2.75) is 19.4 Å². The number of benzene rings is 1. The molecule has 7 nitrogen and oxygen atoms in total. The lowest BCUT2D eigenvalue weighted by molar-refractivity contribution is 0.0696. The SMILES string of the molecule is Cn1c(C(N)=O)nc2c1CCN(CCc1ccc(C(=O)O)cc1)C2. The van der Waals surface area contributed by atoms with Crippen molar-refractivity contribution in [3.8, 4) is 0 Å². The van der Waals surface area contributed by atoms with E-state index in [1.807, 2.05) is 19.2 Å². The number of carbonyl (C=O) groups is 2. The summed E-state index contributed by atoms with van der Waals surface area (Å²) in [5.41, 5.74) is 8.74. The molecule has 1 aliphatic rings. The molecular formula is C17H20N4O3. The maximum Gasteiger partial charge on any atom is 0.335 e. The molecular weight excluding hydrogens is 308 g/mol. The minimum Gasteiger partial charge on any atom is -0.478 e. The van der Waals surface area contributed by atoms with Gasteiger partial charge in [0.1, 0.15) is 0 Å². The molecule has 3 N–H and O–H groups in total. The average Bonchev–Trinajstić information content (AvgIpc) is 2.90. The number of imidazole rings is 1. The second kappa shape index (κ2) is 6.45. The first-order valence-corrected chi connectivity index (χ1v) is 7.84. The molecule has 1 amide bonds. The molecule has 0 saturated heterocycles. The Morgan fingerprint density at radius 1 is 1.29 bits per heavy atom. The number of rotatable bonds is 5. The van der Waals surface area contributed by atoms with Gasteiger partial charge in [0, 0.05) is 38.8 Å². The molecule has 1 aliphatic heterocycles. The van der Waals surface area contributed by atoms with Gasteiger partial charge in [-0.2, -0.15) is 0 Å². The maximum absolute atomic E-state index is 11.4. The van der Waals surface area contributed by atoms with Gasteiger partial charge in [-0.05, 0) is 24.1 Å². The molecule has 0 saturated carbocycles. The molecule has 126 valence electrons. The molecule has 1 aromatic heterocycles. The molecule has 0 fully saturated rings. The summed E-state index contributed by atoms with van der Waals surface area (Å²) in [5, 5.41) is 8.92. The molecule has 0 aliphatic carbocycles. The highest BCUT2D eigenvalue weighted by Gasteiger charge is 2.24. The van der Waals surface area contributed by atoms with Crippen LogP contribution in [0, 0.1) is 0 Å². The summed E-state index contributed by atoms with van der Waals surface area (Å²) in [4.78, 5) is 28.9. The van der Waals surface area contributed by atoms with Gasteiger partial charge in [0.25, 0.3) is 5.91 Å². The second-order valence-corrected chi connectivity index (χ2v) is 6.03. The van der Waals surface area contributed by atoms with Crippen LogP contribution in [0.1, 0.15) is 37.9 Å². The maximum atomic E-state index is 11.4. The van der Waals surface area contributed by atoms with Crippen LogP contribution >= 0.6 is 0 Å². The van der Waals surface area contributed by atoms with Crippen LogP contribution in [0.4, 0.5) is 0 Å². The Balaban J connectivity index is 1.63. The number of amides is 1. The monoisotopic (exact) mass is 328 g/mol. The largest absolute Gasteiger partial charge is 0.478 e. The van der Waals surface area contributed by atoms with Crippen LogP contribution in [-0.4, -0.2) is 44.5 Å². The predicted molar refractivity (Wildman–Crippen MR) is 87.8 cm³/mol. The third-order valence-electron chi connectivity index (χ3n) is 4.47. The summed E-state index contributed by atoms with van der Waals surface area (Å²) in [6.07, 6.45) is 1.68. The minimum atomic E-state index is -0.912. The second-order valence-electron chi connectivity index (χ2n) is 6.03. The zero-order valence-electron chi connectivity index (χ0n) is 13.5. The lowest BCUT2D eigenvalue weighted by Gasteiger charge is -2.26. The molecule has 3 rings (SSSR count). The normalized spacial score (nSPS) is 14.4. The first kappa shape index (κ1) is 16.2. The van der Waals surface area contributed by atoms with E-state index in [1.165, 1.54) is 0 Å². The van der Waals surface area contributed by atoms with Crippen LogP contribution in [0.5, 0.6) is 0 Å². The lowest BCUT2D eigenvalue weighted by atomic mass is 10.1.